The maximum Gasteiger partial charge on any atom is 0.223 e. The van der Waals surface area contributed by atoms with Crippen LogP contribution in [-0.2, 0) is 16.1 Å². The third kappa shape index (κ3) is 2.46. The molecule has 1 heterocycles. The van der Waals surface area contributed by atoms with Gasteiger partial charge in [0.1, 0.15) is 5.82 Å². The van der Waals surface area contributed by atoms with Gasteiger partial charge in [-0.15, -0.1) is 0 Å². The van der Waals surface area contributed by atoms with Crippen molar-refractivity contribution in [1.82, 2.24) is 4.90 Å². The molecule has 4 nitrogen and oxygen atoms in total. The van der Waals surface area contributed by atoms with Crippen LogP contribution in [0, 0.1) is 11.7 Å². The number of amides is 1. The zero-order valence-corrected chi connectivity index (χ0v) is 10.1. The van der Waals surface area contributed by atoms with Gasteiger partial charge in [-0.3, -0.25) is 4.79 Å². The van der Waals surface area contributed by atoms with Gasteiger partial charge >= 0.3 is 0 Å². The van der Waals surface area contributed by atoms with Crippen LogP contribution < -0.4 is 5.11 Å². The van der Waals surface area contributed by atoms with Gasteiger partial charge in [0.25, 0.3) is 0 Å². The van der Waals surface area contributed by atoms with Crippen molar-refractivity contribution in [3.8, 4) is 0 Å². The van der Waals surface area contributed by atoms with Gasteiger partial charge in [0.2, 0.25) is 5.91 Å². The highest BCUT2D eigenvalue weighted by Crippen LogP contribution is 2.25. The van der Waals surface area contributed by atoms with Crippen molar-refractivity contribution in [3.63, 3.8) is 0 Å². The third-order valence-corrected chi connectivity index (χ3v) is 3.31. The molecule has 0 spiro atoms. The van der Waals surface area contributed by atoms with Gasteiger partial charge in [-0.2, -0.15) is 0 Å². The highest BCUT2D eigenvalue weighted by Gasteiger charge is 2.31. The predicted octanol–water partition coefficient (Wildman–Crippen LogP) is 0.577. The fourth-order valence-electron chi connectivity index (χ4n) is 1.96. The molecule has 0 aliphatic carbocycles. The van der Waals surface area contributed by atoms with Gasteiger partial charge in [-0.25, -0.2) is 4.39 Å². The Bertz CT molecular complexity index is 486. The molecule has 1 aliphatic rings. The van der Waals surface area contributed by atoms with Crippen LogP contribution in [0.4, 0.5) is 4.39 Å². The van der Waals surface area contributed by atoms with Crippen LogP contribution in [0.1, 0.15) is 12.0 Å². The molecular weight excluding hydrogens is 261 g/mol. The molecule has 1 fully saturated rings. The number of hydrogen-bond donors (Lipinski definition) is 0. The van der Waals surface area contributed by atoms with Gasteiger partial charge in [-0.05, 0) is 12.1 Å². The molecular formula is C12H10ClFNO3-. The van der Waals surface area contributed by atoms with Crippen LogP contribution in [0.25, 0.3) is 0 Å². The summed E-state index contributed by atoms with van der Waals surface area (Å²) in [6, 6.07) is 4.24. The van der Waals surface area contributed by atoms with E-state index in [0.717, 1.165) is 0 Å². The molecule has 1 aliphatic heterocycles. The van der Waals surface area contributed by atoms with Gasteiger partial charge < -0.3 is 14.8 Å². The van der Waals surface area contributed by atoms with E-state index >= 15 is 0 Å². The highest BCUT2D eigenvalue weighted by molar-refractivity contribution is 6.31. The van der Waals surface area contributed by atoms with E-state index in [1.54, 1.807) is 0 Å². The summed E-state index contributed by atoms with van der Waals surface area (Å²) < 4.78 is 13.5. The number of rotatable bonds is 3. The third-order valence-electron chi connectivity index (χ3n) is 2.96. The molecule has 2 rings (SSSR count). The molecule has 1 amide bonds. The zero-order chi connectivity index (χ0) is 13.3. The maximum atomic E-state index is 13.5. The second-order valence-electron chi connectivity index (χ2n) is 4.19. The van der Waals surface area contributed by atoms with E-state index in [1.165, 1.54) is 23.1 Å². The van der Waals surface area contributed by atoms with Crippen molar-refractivity contribution >= 4 is 23.5 Å². The van der Waals surface area contributed by atoms with Crippen LogP contribution in [-0.4, -0.2) is 23.3 Å². The van der Waals surface area contributed by atoms with Crippen molar-refractivity contribution < 1.29 is 19.1 Å². The smallest absolute Gasteiger partial charge is 0.223 e. The topological polar surface area (TPSA) is 60.4 Å². The monoisotopic (exact) mass is 270 g/mol. The number of nitrogens with zero attached hydrogens (tertiary/aromatic N) is 1. The number of benzene rings is 1. The lowest BCUT2D eigenvalue weighted by atomic mass is 10.1. The quantitative estimate of drug-likeness (QED) is 0.807. The second kappa shape index (κ2) is 4.94. The van der Waals surface area contributed by atoms with Gasteiger partial charge in [-0.1, -0.05) is 17.7 Å². The molecule has 0 unspecified atom stereocenters. The van der Waals surface area contributed by atoms with Crippen molar-refractivity contribution in [2.75, 3.05) is 6.54 Å². The summed E-state index contributed by atoms with van der Waals surface area (Å²) in [5.74, 6) is -2.93. The molecule has 1 aromatic carbocycles. The number of carboxylic acid groups (broad SMARTS) is 1. The first kappa shape index (κ1) is 12.8. The van der Waals surface area contributed by atoms with Crippen molar-refractivity contribution in [2.45, 2.75) is 13.0 Å². The largest absolute Gasteiger partial charge is 0.550 e. The van der Waals surface area contributed by atoms with Crippen LogP contribution in [0.5, 0.6) is 0 Å². The van der Waals surface area contributed by atoms with E-state index in [-0.39, 0.29) is 36.0 Å². The van der Waals surface area contributed by atoms with E-state index in [4.69, 9.17) is 11.6 Å². The minimum absolute atomic E-state index is 0.0197. The molecule has 1 saturated heterocycles. The second-order valence-corrected chi connectivity index (χ2v) is 4.60. The van der Waals surface area contributed by atoms with E-state index < -0.39 is 17.7 Å². The standard InChI is InChI=1S/C12H11ClFNO3/c13-9-2-1-3-10(14)8(9)6-15-5-7(12(17)18)4-11(15)16/h1-3,7H,4-6H2,(H,17,18)/p-1/t7-/m0/s1. The maximum absolute atomic E-state index is 13.5. The number of halogens is 2. The summed E-state index contributed by atoms with van der Waals surface area (Å²) in [5, 5.41) is 10.9. The normalized spacial score (nSPS) is 19.3. The van der Waals surface area contributed by atoms with Gasteiger partial charge in [0, 0.05) is 35.4 Å². The average molecular weight is 271 g/mol. The summed E-state index contributed by atoms with van der Waals surface area (Å²) in [5.41, 5.74) is 0.200. The molecule has 0 aromatic heterocycles. The first-order chi connectivity index (χ1) is 8.49. The summed E-state index contributed by atoms with van der Waals surface area (Å²) in [6.07, 6.45) is -0.103. The number of aliphatic carboxylic acids is 1. The molecule has 1 aromatic rings. The summed E-state index contributed by atoms with van der Waals surface area (Å²) in [7, 11) is 0. The molecule has 18 heavy (non-hydrogen) atoms. The van der Waals surface area contributed by atoms with E-state index in [1.807, 2.05) is 0 Å². The van der Waals surface area contributed by atoms with Crippen LogP contribution in [0.15, 0.2) is 18.2 Å². The average Bonchev–Trinajstić information content (AvgIpc) is 2.66. The first-order valence-electron chi connectivity index (χ1n) is 5.40. The van der Waals surface area contributed by atoms with Crippen LogP contribution in [0.2, 0.25) is 5.02 Å². The lowest BCUT2D eigenvalue weighted by Crippen LogP contribution is -2.33. The summed E-state index contributed by atoms with van der Waals surface area (Å²) in [4.78, 5) is 23.6. The van der Waals surface area contributed by atoms with Crippen molar-refractivity contribution in [2.24, 2.45) is 5.92 Å². The number of carboxylic acids is 1. The molecule has 96 valence electrons. The fraction of sp³-hybridized carbons (Fsp3) is 0.333. The number of likely N-dealkylation sites (tertiary alicyclic amines) is 1. The molecule has 0 bridgehead atoms. The zero-order valence-electron chi connectivity index (χ0n) is 9.36. The minimum atomic E-state index is -1.26. The van der Waals surface area contributed by atoms with Crippen LogP contribution in [0.3, 0.4) is 0 Å². The number of carbonyl (C=O) groups is 2. The van der Waals surface area contributed by atoms with Crippen LogP contribution >= 0.6 is 11.6 Å². The predicted molar refractivity (Wildman–Crippen MR) is 59.9 cm³/mol. The van der Waals surface area contributed by atoms with E-state index in [9.17, 15) is 19.1 Å². The number of hydrogen-bond acceptors (Lipinski definition) is 3. The molecule has 0 N–H and O–H groups in total. The Morgan fingerprint density at radius 3 is 2.83 bits per heavy atom. The Kier molecular flexibility index (Phi) is 3.52. The van der Waals surface area contributed by atoms with Crippen molar-refractivity contribution in [3.05, 3.63) is 34.6 Å². The van der Waals surface area contributed by atoms with E-state index in [2.05, 4.69) is 0 Å². The van der Waals surface area contributed by atoms with Gasteiger partial charge in [0.15, 0.2) is 0 Å². The molecule has 1 atom stereocenters. The Labute approximate surface area is 108 Å². The molecule has 6 heteroatoms. The Hall–Kier alpha value is -1.62. The summed E-state index contributed by atoms with van der Waals surface area (Å²) >= 11 is 5.85. The van der Waals surface area contributed by atoms with Crippen molar-refractivity contribution in [1.29, 1.82) is 0 Å². The minimum Gasteiger partial charge on any atom is -0.550 e. The highest BCUT2D eigenvalue weighted by atomic mass is 35.5. The Morgan fingerprint density at radius 2 is 2.28 bits per heavy atom. The SMILES string of the molecule is O=C([O-])[C@H]1CC(=O)N(Cc2c(F)cccc2Cl)C1. The lowest BCUT2D eigenvalue weighted by molar-refractivity contribution is -0.311. The summed E-state index contributed by atoms with van der Waals surface area (Å²) in [6.45, 7) is 0.0138. The van der Waals surface area contributed by atoms with Gasteiger partial charge in [0.05, 0.1) is 6.54 Å². The fourth-order valence-corrected chi connectivity index (χ4v) is 2.18. The first-order valence-corrected chi connectivity index (χ1v) is 5.78. The molecule has 0 radical (unpaired) electrons. The molecule has 0 saturated carbocycles. The van der Waals surface area contributed by atoms with E-state index in [0.29, 0.717) is 0 Å². The Balaban J connectivity index is 2.15. The Morgan fingerprint density at radius 1 is 1.56 bits per heavy atom. The lowest BCUT2D eigenvalue weighted by Gasteiger charge is -2.18. The number of carbonyl (C=O) groups excluding carboxylic acids is 2.